The van der Waals surface area contributed by atoms with Gasteiger partial charge in [0.15, 0.2) is 5.82 Å². The van der Waals surface area contributed by atoms with Crippen LogP contribution < -0.4 is 0 Å². The SMILES string of the molecule is CC(C)(C)OC(=O)N1CCn2nnnc2C1. The van der Waals surface area contributed by atoms with Gasteiger partial charge in [-0.15, -0.1) is 5.10 Å². The van der Waals surface area contributed by atoms with Crippen molar-refractivity contribution in [3.63, 3.8) is 0 Å². The molecule has 1 aliphatic heterocycles. The molecular weight excluding hydrogens is 210 g/mol. The molecule has 2 rings (SSSR count). The Morgan fingerprint density at radius 1 is 1.38 bits per heavy atom. The van der Waals surface area contributed by atoms with Crippen molar-refractivity contribution >= 4 is 6.09 Å². The number of nitrogens with zero attached hydrogens (tertiary/aromatic N) is 5. The number of amides is 1. The Morgan fingerprint density at radius 3 is 2.81 bits per heavy atom. The summed E-state index contributed by atoms with van der Waals surface area (Å²) in [5.74, 6) is 0.692. The van der Waals surface area contributed by atoms with E-state index < -0.39 is 5.60 Å². The summed E-state index contributed by atoms with van der Waals surface area (Å²) in [6.45, 7) is 7.13. The first-order chi connectivity index (χ1) is 7.46. The molecule has 0 unspecified atom stereocenters. The highest BCUT2D eigenvalue weighted by molar-refractivity contribution is 5.68. The van der Waals surface area contributed by atoms with Crippen LogP contribution in [0, 0.1) is 0 Å². The molecule has 1 aromatic heterocycles. The maximum atomic E-state index is 11.8. The third kappa shape index (κ3) is 2.29. The van der Waals surface area contributed by atoms with Gasteiger partial charge >= 0.3 is 6.09 Å². The summed E-state index contributed by atoms with van der Waals surface area (Å²) in [5.41, 5.74) is -0.472. The molecule has 2 heterocycles. The summed E-state index contributed by atoms with van der Waals surface area (Å²) in [7, 11) is 0. The second-order valence-electron chi connectivity index (χ2n) is 4.72. The number of fused-ring (bicyclic) bond motifs is 1. The first kappa shape index (κ1) is 10.8. The van der Waals surface area contributed by atoms with Crippen molar-refractivity contribution in [1.29, 1.82) is 0 Å². The van der Waals surface area contributed by atoms with Crippen molar-refractivity contribution in [2.24, 2.45) is 0 Å². The first-order valence-electron chi connectivity index (χ1n) is 5.19. The highest BCUT2D eigenvalue weighted by atomic mass is 16.6. The molecule has 7 heteroatoms. The predicted octanol–water partition coefficient (Wildman–Crippen LogP) is 0.424. The normalized spacial score (nSPS) is 15.8. The van der Waals surface area contributed by atoms with E-state index in [1.807, 2.05) is 20.8 Å². The van der Waals surface area contributed by atoms with E-state index in [1.165, 1.54) is 0 Å². The maximum absolute atomic E-state index is 11.8. The van der Waals surface area contributed by atoms with Crippen LogP contribution in [-0.2, 0) is 17.8 Å². The molecule has 0 saturated heterocycles. The summed E-state index contributed by atoms with van der Waals surface area (Å²) < 4.78 is 6.97. The Labute approximate surface area is 93.4 Å². The molecule has 0 fully saturated rings. The molecule has 0 N–H and O–H groups in total. The van der Waals surface area contributed by atoms with Crippen LogP contribution in [0.25, 0.3) is 0 Å². The number of rotatable bonds is 0. The molecular formula is C9H15N5O2. The van der Waals surface area contributed by atoms with E-state index in [1.54, 1.807) is 9.58 Å². The van der Waals surface area contributed by atoms with Gasteiger partial charge in [-0.1, -0.05) is 0 Å². The summed E-state index contributed by atoms with van der Waals surface area (Å²) in [5, 5.41) is 11.2. The number of carbonyl (C=O) groups excluding carboxylic acids is 1. The molecule has 0 atom stereocenters. The molecule has 1 amide bonds. The van der Waals surface area contributed by atoms with Crippen LogP contribution >= 0.6 is 0 Å². The zero-order valence-electron chi connectivity index (χ0n) is 9.67. The van der Waals surface area contributed by atoms with Gasteiger partial charge in [0.1, 0.15) is 5.60 Å². The minimum absolute atomic E-state index is 0.318. The smallest absolute Gasteiger partial charge is 0.410 e. The standard InChI is InChI=1S/C9H15N5O2/c1-9(2,3)16-8(15)13-4-5-14-7(6-13)10-11-12-14/h4-6H2,1-3H3. The zero-order chi connectivity index (χ0) is 11.8. The number of hydrogen-bond donors (Lipinski definition) is 0. The molecule has 1 aliphatic rings. The topological polar surface area (TPSA) is 73.1 Å². The number of aromatic nitrogens is 4. The minimum atomic E-state index is -0.472. The summed E-state index contributed by atoms with van der Waals surface area (Å²) in [6.07, 6.45) is -0.318. The number of tetrazole rings is 1. The number of ether oxygens (including phenoxy) is 1. The maximum Gasteiger partial charge on any atom is 0.410 e. The number of carbonyl (C=O) groups is 1. The van der Waals surface area contributed by atoms with Crippen molar-refractivity contribution in [1.82, 2.24) is 25.1 Å². The average Bonchev–Trinajstić information content (AvgIpc) is 2.61. The predicted molar refractivity (Wildman–Crippen MR) is 54.5 cm³/mol. The third-order valence-corrected chi connectivity index (χ3v) is 2.17. The van der Waals surface area contributed by atoms with Gasteiger partial charge in [0.2, 0.25) is 0 Å². The van der Waals surface area contributed by atoms with E-state index in [4.69, 9.17) is 4.74 Å². The summed E-state index contributed by atoms with van der Waals surface area (Å²) >= 11 is 0. The molecule has 0 bridgehead atoms. The Balaban J connectivity index is 2.01. The van der Waals surface area contributed by atoms with Gasteiger partial charge in [0.25, 0.3) is 0 Å². The molecule has 0 saturated carbocycles. The Bertz CT molecular complexity index is 395. The van der Waals surface area contributed by atoms with Gasteiger partial charge in [-0.05, 0) is 31.2 Å². The molecule has 0 aromatic carbocycles. The van der Waals surface area contributed by atoms with Crippen molar-refractivity contribution in [3.05, 3.63) is 5.82 Å². The van der Waals surface area contributed by atoms with Crippen LogP contribution in [0.2, 0.25) is 0 Å². The van der Waals surface area contributed by atoms with Gasteiger partial charge in [0.05, 0.1) is 13.1 Å². The van der Waals surface area contributed by atoms with Gasteiger partial charge in [-0.2, -0.15) is 0 Å². The number of hydrogen-bond acceptors (Lipinski definition) is 5. The lowest BCUT2D eigenvalue weighted by atomic mass is 10.2. The monoisotopic (exact) mass is 225 g/mol. The van der Waals surface area contributed by atoms with E-state index in [0.717, 1.165) is 0 Å². The van der Waals surface area contributed by atoms with Crippen molar-refractivity contribution < 1.29 is 9.53 Å². The van der Waals surface area contributed by atoms with Gasteiger partial charge < -0.3 is 4.74 Å². The van der Waals surface area contributed by atoms with E-state index in [9.17, 15) is 4.79 Å². The molecule has 0 aliphatic carbocycles. The second kappa shape index (κ2) is 3.73. The van der Waals surface area contributed by atoms with Crippen LogP contribution in [0.15, 0.2) is 0 Å². The minimum Gasteiger partial charge on any atom is -0.444 e. The lowest BCUT2D eigenvalue weighted by Crippen LogP contribution is -2.41. The largest absolute Gasteiger partial charge is 0.444 e. The summed E-state index contributed by atoms with van der Waals surface area (Å²) in [6, 6.07) is 0. The zero-order valence-corrected chi connectivity index (χ0v) is 9.67. The van der Waals surface area contributed by atoms with Crippen LogP contribution in [0.3, 0.4) is 0 Å². The van der Waals surface area contributed by atoms with Crippen molar-refractivity contribution in [2.45, 2.75) is 39.5 Å². The quantitative estimate of drug-likeness (QED) is 0.640. The first-order valence-corrected chi connectivity index (χ1v) is 5.19. The van der Waals surface area contributed by atoms with E-state index in [2.05, 4.69) is 15.5 Å². The Morgan fingerprint density at radius 2 is 2.12 bits per heavy atom. The fourth-order valence-electron chi connectivity index (χ4n) is 1.46. The van der Waals surface area contributed by atoms with E-state index >= 15 is 0 Å². The highest BCUT2D eigenvalue weighted by Crippen LogP contribution is 2.14. The molecule has 1 aromatic rings. The van der Waals surface area contributed by atoms with E-state index in [-0.39, 0.29) is 6.09 Å². The molecule has 0 spiro atoms. The molecule has 7 nitrogen and oxygen atoms in total. The van der Waals surface area contributed by atoms with Gasteiger partial charge in [-0.3, -0.25) is 4.90 Å². The van der Waals surface area contributed by atoms with Crippen LogP contribution in [0.1, 0.15) is 26.6 Å². The summed E-state index contributed by atoms with van der Waals surface area (Å²) in [4.78, 5) is 13.4. The van der Waals surface area contributed by atoms with Crippen LogP contribution in [-0.4, -0.2) is 43.3 Å². The fraction of sp³-hybridized carbons (Fsp3) is 0.778. The van der Waals surface area contributed by atoms with Crippen LogP contribution in [0.4, 0.5) is 4.79 Å². The highest BCUT2D eigenvalue weighted by Gasteiger charge is 2.26. The Hall–Kier alpha value is -1.66. The second-order valence-corrected chi connectivity index (χ2v) is 4.72. The Kier molecular flexibility index (Phi) is 2.53. The lowest BCUT2D eigenvalue weighted by molar-refractivity contribution is 0.0190. The lowest BCUT2D eigenvalue weighted by Gasteiger charge is -2.29. The van der Waals surface area contributed by atoms with Gasteiger partial charge in [0, 0.05) is 6.54 Å². The third-order valence-electron chi connectivity index (χ3n) is 2.17. The molecule has 88 valence electrons. The fourth-order valence-corrected chi connectivity index (χ4v) is 1.46. The van der Waals surface area contributed by atoms with Gasteiger partial charge in [-0.25, -0.2) is 9.48 Å². The average molecular weight is 225 g/mol. The molecule has 0 radical (unpaired) electrons. The van der Waals surface area contributed by atoms with Crippen molar-refractivity contribution in [3.8, 4) is 0 Å². The molecule has 16 heavy (non-hydrogen) atoms. The van der Waals surface area contributed by atoms with Crippen LogP contribution in [0.5, 0.6) is 0 Å². The van der Waals surface area contributed by atoms with Crippen molar-refractivity contribution in [2.75, 3.05) is 6.54 Å². The van der Waals surface area contributed by atoms with E-state index in [0.29, 0.717) is 25.5 Å².